The van der Waals surface area contributed by atoms with Gasteiger partial charge in [0.25, 0.3) is 0 Å². The minimum Gasteiger partial charge on any atom is -0.356 e. The fourth-order valence-electron chi connectivity index (χ4n) is 5.97. The average molecular weight is 396 g/mol. The third-order valence-electron chi connectivity index (χ3n) is 7.20. The van der Waals surface area contributed by atoms with E-state index in [0.29, 0.717) is 30.2 Å². The minimum absolute atomic E-state index is 0.129. The lowest BCUT2D eigenvalue weighted by molar-refractivity contribution is -0.156. The first-order chi connectivity index (χ1) is 14.2. The van der Waals surface area contributed by atoms with E-state index < -0.39 is 0 Å². The maximum atomic E-state index is 13.2. The van der Waals surface area contributed by atoms with Crippen LogP contribution in [0, 0.1) is 11.8 Å². The molecule has 4 atom stereocenters. The third kappa shape index (κ3) is 3.22. The second-order valence-corrected chi connectivity index (χ2v) is 8.97. The zero-order valence-corrected chi connectivity index (χ0v) is 17.0. The fraction of sp³-hybridized carbons (Fsp3) is 0.609. The summed E-state index contributed by atoms with van der Waals surface area (Å²) in [6, 6.07) is 8.30. The first kappa shape index (κ1) is 18.6. The number of benzene rings is 1. The smallest absolute Gasteiger partial charge is 0.228 e. The van der Waals surface area contributed by atoms with Gasteiger partial charge in [0.05, 0.1) is 6.42 Å². The van der Waals surface area contributed by atoms with Crippen LogP contribution in [0.5, 0.6) is 0 Å². The lowest BCUT2D eigenvalue weighted by atomic mass is 9.71. The summed E-state index contributed by atoms with van der Waals surface area (Å²) in [7, 11) is 0. The highest BCUT2D eigenvalue weighted by molar-refractivity contribution is 5.86. The maximum absolute atomic E-state index is 13.2. The molecule has 0 saturated carbocycles. The van der Waals surface area contributed by atoms with Crippen LogP contribution in [-0.4, -0.2) is 51.9 Å². The second kappa shape index (κ2) is 7.47. The molecular weight excluding hydrogens is 366 g/mol. The number of hydrogen-bond donors (Lipinski definition) is 0. The van der Waals surface area contributed by atoms with Gasteiger partial charge in [0.15, 0.2) is 5.58 Å². The monoisotopic (exact) mass is 395 g/mol. The topological polar surface area (TPSA) is 66.7 Å². The van der Waals surface area contributed by atoms with Crippen LogP contribution in [0.2, 0.25) is 0 Å². The SMILES string of the molecule is CCC[C@H]1[C@H]2C[C@H](CN(C(=O)Cc3noc4ccccc34)C2)[C@@H]2CCCC(=O)N21. The molecule has 3 aliphatic rings. The molecule has 0 radical (unpaired) electrons. The molecule has 4 heterocycles. The molecule has 6 nitrogen and oxygen atoms in total. The van der Waals surface area contributed by atoms with E-state index in [1.807, 2.05) is 29.2 Å². The number of carbonyl (C=O) groups excluding carboxylic acids is 2. The molecule has 0 aliphatic carbocycles. The van der Waals surface area contributed by atoms with Crippen LogP contribution in [0.15, 0.2) is 28.8 Å². The minimum atomic E-state index is 0.129. The van der Waals surface area contributed by atoms with Gasteiger partial charge < -0.3 is 14.3 Å². The molecule has 1 aromatic carbocycles. The quantitative estimate of drug-likeness (QED) is 0.796. The van der Waals surface area contributed by atoms with Crippen LogP contribution in [-0.2, 0) is 16.0 Å². The summed E-state index contributed by atoms with van der Waals surface area (Å²) in [6.07, 6.45) is 6.30. The van der Waals surface area contributed by atoms with Crippen LogP contribution in [0.3, 0.4) is 0 Å². The van der Waals surface area contributed by atoms with Crippen molar-refractivity contribution in [3.05, 3.63) is 30.0 Å². The molecule has 5 rings (SSSR count). The van der Waals surface area contributed by atoms with Gasteiger partial charge in [-0.05, 0) is 49.7 Å². The number of hydrogen-bond acceptors (Lipinski definition) is 4. The molecule has 0 N–H and O–H groups in total. The summed E-state index contributed by atoms with van der Waals surface area (Å²) in [6.45, 7) is 3.71. The van der Waals surface area contributed by atoms with Gasteiger partial charge in [-0.2, -0.15) is 0 Å². The zero-order valence-electron chi connectivity index (χ0n) is 17.0. The highest BCUT2D eigenvalue weighted by Crippen LogP contribution is 2.43. The largest absolute Gasteiger partial charge is 0.356 e. The van der Waals surface area contributed by atoms with Gasteiger partial charge in [0.2, 0.25) is 11.8 Å². The Labute approximate surface area is 171 Å². The summed E-state index contributed by atoms with van der Waals surface area (Å²) in [4.78, 5) is 30.2. The molecule has 2 bridgehead atoms. The molecule has 2 aromatic rings. The Morgan fingerprint density at radius 1 is 1.24 bits per heavy atom. The third-order valence-corrected chi connectivity index (χ3v) is 7.20. The summed E-state index contributed by atoms with van der Waals surface area (Å²) in [5, 5.41) is 5.07. The van der Waals surface area contributed by atoms with E-state index in [2.05, 4.69) is 17.0 Å². The Balaban J connectivity index is 1.36. The summed E-state index contributed by atoms with van der Waals surface area (Å²) in [5.41, 5.74) is 1.45. The van der Waals surface area contributed by atoms with Crippen molar-refractivity contribution in [1.29, 1.82) is 0 Å². The number of para-hydroxylation sites is 1. The molecular formula is C23H29N3O3. The molecule has 3 aliphatic heterocycles. The predicted octanol–water partition coefficient (Wildman–Crippen LogP) is 3.40. The van der Waals surface area contributed by atoms with Crippen LogP contribution in [0.25, 0.3) is 11.0 Å². The van der Waals surface area contributed by atoms with Gasteiger partial charge >= 0.3 is 0 Å². The van der Waals surface area contributed by atoms with Crippen molar-refractivity contribution in [1.82, 2.24) is 15.0 Å². The molecule has 29 heavy (non-hydrogen) atoms. The van der Waals surface area contributed by atoms with Crippen molar-refractivity contribution in [2.24, 2.45) is 11.8 Å². The number of carbonyl (C=O) groups is 2. The van der Waals surface area contributed by atoms with Crippen LogP contribution in [0.1, 0.15) is 51.1 Å². The maximum Gasteiger partial charge on any atom is 0.228 e. The summed E-state index contributed by atoms with van der Waals surface area (Å²) in [5.74, 6) is 1.27. The van der Waals surface area contributed by atoms with Gasteiger partial charge in [0.1, 0.15) is 5.69 Å². The number of nitrogens with zero attached hydrogens (tertiary/aromatic N) is 3. The van der Waals surface area contributed by atoms with Crippen LogP contribution >= 0.6 is 0 Å². The van der Waals surface area contributed by atoms with Gasteiger partial charge in [-0.3, -0.25) is 9.59 Å². The lowest BCUT2D eigenvalue weighted by Crippen LogP contribution is -2.65. The van der Waals surface area contributed by atoms with Crippen LogP contribution in [0.4, 0.5) is 0 Å². The highest BCUT2D eigenvalue weighted by atomic mass is 16.5. The Bertz CT molecular complexity index is 923. The molecule has 2 amide bonds. The molecule has 154 valence electrons. The number of aromatic nitrogens is 1. The molecule has 3 saturated heterocycles. The van der Waals surface area contributed by atoms with Gasteiger partial charge in [-0.25, -0.2) is 0 Å². The average Bonchev–Trinajstić information content (AvgIpc) is 3.14. The van der Waals surface area contributed by atoms with E-state index in [0.717, 1.165) is 61.9 Å². The zero-order chi connectivity index (χ0) is 20.0. The van der Waals surface area contributed by atoms with Gasteiger partial charge in [-0.1, -0.05) is 30.6 Å². The number of amides is 2. The van der Waals surface area contributed by atoms with E-state index in [9.17, 15) is 9.59 Å². The molecule has 6 heteroatoms. The Morgan fingerprint density at radius 3 is 2.93 bits per heavy atom. The molecule has 0 unspecified atom stereocenters. The van der Waals surface area contributed by atoms with E-state index in [1.165, 1.54) is 0 Å². The second-order valence-electron chi connectivity index (χ2n) is 8.97. The number of fused-ring (bicyclic) bond motifs is 5. The predicted molar refractivity (Wildman–Crippen MR) is 109 cm³/mol. The molecule has 3 fully saturated rings. The Hall–Kier alpha value is -2.37. The van der Waals surface area contributed by atoms with Crippen molar-refractivity contribution in [2.75, 3.05) is 13.1 Å². The number of rotatable bonds is 4. The molecule has 1 aromatic heterocycles. The first-order valence-corrected chi connectivity index (χ1v) is 11.1. The molecule has 0 spiro atoms. The van der Waals surface area contributed by atoms with Crippen molar-refractivity contribution in [2.45, 2.75) is 64.0 Å². The standard InChI is InChI=1S/C23H29N3O3/c1-2-6-19-15-11-16(20-8-5-10-22(27)26(19)20)14-25(13-15)23(28)12-18-17-7-3-4-9-21(17)29-24-18/h3-4,7,9,15-16,19-20H,2,5-6,8,10-14H2,1H3/t15-,16+,19-,20-/m0/s1. The van der Waals surface area contributed by atoms with Crippen molar-refractivity contribution in [3.8, 4) is 0 Å². The van der Waals surface area contributed by atoms with Gasteiger partial charge in [-0.15, -0.1) is 0 Å². The summed E-state index contributed by atoms with van der Waals surface area (Å²) < 4.78 is 5.38. The van der Waals surface area contributed by atoms with E-state index in [4.69, 9.17) is 4.52 Å². The number of piperidine rings is 3. The van der Waals surface area contributed by atoms with Gasteiger partial charge in [0, 0.05) is 37.0 Å². The first-order valence-electron chi connectivity index (χ1n) is 11.1. The normalized spacial score (nSPS) is 29.2. The highest BCUT2D eigenvalue weighted by Gasteiger charge is 2.49. The number of likely N-dealkylation sites (tertiary alicyclic amines) is 1. The van der Waals surface area contributed by atoms with Crippen molar-refractivity contribution in [3.63, 3.8) is 0 Å². The fourth-order valence-corrected chi connectivity index (χ4v) is 5.97. The van der Waals surface area contributed by atoms with E-state index in [-0.39, 0.29) is 18.4 Å². The van der Waals surface area contributed by atoms with Crippen molar-refractivity contribution >= 4 is 22.8 Å². The van der Waals surface area contributed by atoms with E-state index >= 15 is 0 Å². The van der Waals surface area contributed by atoms with E-state index in [1.54, 1.807) is 0 Å². The lowest BCUT2D eigenvalue weighted by Gasteiger charge is -2.56. The Morgan fingerprint density at radius 2 is 2.07 bits per heavy atom. The Kier molecular flexibility index (Phi) is 4.80. The van der Waals surface area contributed by atoms with Crippen LogP contribution < -0.4 is 0 Å². The van der Waals surface area contributed by atoms with Crippen molar-refractivity contribution < 1.29 is 14.1 Å². The summed E-state index contributed by atoms with van der Waals surface area (Å²) >= 11 is 0.